The molecule has 0 fully saturated rings. The molecule has 3 N–H and O–H groups in total. The smallest absolute Gasteiger partial charge is 0.265 e. The average Bonchev–Trinajstić information content (AvgIpc) is 3.26. The molecular weight excluding hydrogens is 378 g/mol. The Hall–Kier alpha value is -2.65. The number of nitrogens with one attached hydrogen (secondary N) is 1. The molecule has 1 aliphatic carbocycles. The van der Waals surface area contributed by atoms with Gasteiger partial charge in [0.25, 0.3) is 11.8 Å². The second-order valence-corrected chi connectivity index (χ2v) is 7.38. The number of rotatable bonds is 5. The van der Waals surface area contributed by atoms with Gasteiger partial charge in [0.1, 0.15) is 16.0 Å². The first-order valence-electron chi connectivity index (χ1n) is 7.91. The largest absolute Gasteiger partial charge is 0.385 e. The summed E-state index contributed by atoms with van der Waals surface area (Å²) in [5, 5.41) is 11.5. The molecule has 2 aromatic heterocycles. The molecule has 1 aromatic carbocycles. The van der Waals surface area contributed by atoms with Gasteiger partial charge in [-0.2, -0.15) is 0 Å². The summed E-state index contributed by atoms with van der Waals surface area (Å²) < 4.78 is 0. The van der Waals surface area contributed by atoms with E-state index in [9.17, 15) is 9.59 Å². The number of amides is 2. The fraction of sp³-hybridized carbons (Fsp3) is 0.250. The Morgan fingerprint density at radius 1 is 1.38 bits per heavy atom. The molecule has 0 radical (unpaired) electrons. The summed E-state index contributed by atoms with van der Waals surface area (Å²) in [4.78, 5) is 31.6. The Balaban J connectivity index is 1.48. The number of nitrogens with two attached hydrogens (primary N) is 1. The number of hydrogen-bond acceptors (Lipinski definition) is 6. The van der Waals surface area contributed by atoms with E-state index >= 15 is 0 Å². The van der Waals surface area contributed by atoms with Crippen LogP contribution in [0.15, 0.2) is 18.2 Å². The van der Waals surface area contributed by atoms with Gasteiger partial charge in [-0.05, 0) is 48.2 Å². The highest BCUT2D eigenvalue weighted by Gasteiger charge is 2.26. The predicted molar refractivity (Wildman–Crippen MR) is 97.5 cm³/mol. The van der Waals surface area contributed by atoms with Crippen molar-refractivity contribution in [3.63, 3.8) is 0 Å². The number of anilines is 1. The molecule has 0 aliphatic heterocycles. The topological polar surface area (TPSA) is 112 Å². The minimum absolute atomic E-state index is 0.300. The lowest BCUT2D eigenvalue weighted by Gasteiger charge is -2.07. The highest BCUT2D eigenvalue weighted by atomic mass is 35.5. The second kappa shape index (κ2) is 6.58. The Morgan fingerprint density at radius 2 is 2.23 bits per heavy atom. The van der Waals surface area contributed by atoms with Crippen molar-refractivity contribution in [3.8, 4) is 0 Å². The quantitative estimate of drug-likeness (QED) is 0.688. The van der Waals surface area contributed by atoms with Gasteiger partial charge in [-0.15, -0.1) is 16.4 Å². The lowest BCUT2D eigenvalue weighted by Crippen LogP contribution is -2.27. The predicted octanol–water partition coefficient (Wildman–Crippen LogP) is 1.80. The van der Waals surface area contributed by atoms with Gasteiger partial charge in [0.05, 0.1) is 5.56 Å². The maximum absolute atomic E-state index is 12.2. The third-order valence-corrected chi connectivity index (χ3v) is 5.56. The SMILES string of the molecule is NC(=O)c1c(NC(=O)COn2nnc3ccc(Cl)cc32)sc2c1CCC2. The zero-order valence-corrected chi connectivity index (χ0v) is 15.1. The Bertz CT molecular complexity index is 1030. The van der Waals surface area contributed by atoms with Crippen molar-refractivity contribution >= 4 is 50.8 Å². The molecule has 10 heteroatoms. The van der Waals surface area contributed by atoms with Crippen molar-refractivity contribution in [2.24, 2.45) is 5.73 Å². The Kier molecular flexibility index (Phi) is 4.25. The number of carbonyl (C=O) groups excluding carboxylic acids is 2. The summed E-state index contributed by atoms with van der Waals surface area (Å²) >= 11 is 7.35. The monoisotopic (exact) mass is 391 g/mol. The lowest BCUT2D eigenvalue weighted by atomic mass is 10.1. The van der Waals surface area contributed by atoms with Crippen LogP contribution in [-0.4, -0.2) is 33.6 Å². The van der Waals surface area contributed by atoms with Crippen LogP contribution in [0.3, 0.4) is 0 Å². The maximum atomic E-state index is 12.2. The van der Waals surface area contributed by atoms with Crippen molar-refractivity contribution in [2.45, 2.75) is 19.3 Å². The highest BCUT2D eigenvalue weighted by Crippen LogP contribution is 2.38. The van der Waals surface area contributed by atoms with Gasteiger partial charge >= 0.3 is 0 Å². The van der Waals surface area contributed by atoms with Gasteiger partial charge in [-0.1, -0.05) is 16.4 Å². The van der Waals surface area contributed by atoms with E-state index in [0.29, 0.717) is 26.6 Å². The molecule has 0 saturated heterocycles. The second-order valence-electron chi connectivity index (χ2n) is 5.84. The molecule has 4 rings (SSSR count). The minimum atomic E-state index is -0.530. The van der Waals surface area contributed by atoms with Crippen LogP contribution >= 0.6 is 22.9 Å². The van der Waals surface area contributed by atoms with Crippen LogP contribution in [-0.2, 0) is 17.6 Å². The lowest BCUT2D eigenvalue weighted by molar-refractivity contribution is -0.121. The van der Waals surface area contributed by atoms with Crippen LogP contribution in [0.2, 0.25) is 5.02 Å². The zero-order valence-electron chi connectivity index (χ0n) is 13.5. The number of benzene rings is 1. The van der Waals surface area contributed by atoms with Crippen LogP contribution in [0.25, 0.3) is 11.0 Å². The van der Waals surface area contributed by atoms with E-state index in [-0.39, 0.29) is 6.61 Å². The first-order chi connectivity index (χ1) is 12.5. The van der Waals surface area contributed by atoms with Crippen molar-refractivity contribution in [1.82, 2.24) is 15.2 Å². The number of aromatic nitrogens is 3. The third-order valence-electron chi connectivity index (χ3n) is 4.12. The molecule has 134 valence electrons. The molecule has 8 nitrogen and oxygen atoms in total. The number of nitrogens with zero attached hydrogens (tertiary/aromatic N) is 3. The van der Waals surface area contributed by atoms with Gasteiger partial charge in [-0.3, -0.25) is 9.59 Å². The van der Waals surface area contributed by atoms with Gasteiger partial charge in [0, 0.05) is 9.90 Å². The molecule has 2 amide bonds. The molecule has 0 spiro atoms. The number of aryl methyl sites for hydroxylation is 1. The molecule has 0 atom stereocenters. The summed E-state index contributed by atoms with van der Waals surface area (Å²) in [6, 6.07) is 5.04. The van der Waals surface area contributed by atoms with Gasteiger partial charge in [0.2, 0.25) is 0 Å². The van der Waals surface area contributed by atoms with E-state index in [1.54, 1.807) is 18.2 Å². The van der Waals surface area contributed by atoms with Crippen LogP contribution in [0, 0.1) is 0 Å². The van der Waals surface area contributed by atoms with Crippen LogP contribution in [0.1, 0.15) is 27.2 Å². The fourth-order valence-electron chi connectivity index (χ4n) is 3.00. The first-order valence-corrected chi connectivity index (χ1v) is 9.11. The summed E-state index contributed by atoms with van der Waals surface area (Å²) in [6.07, 6.45) is 2.71. The number of fused-ring (bicyclic) bond motifs is 2. The fourth-order valence-corrected chi connectivity index (χ4v) is 4.48. The standard InChI is InChI=1S/C16H14ClN5O3S/c17-8-4-5-10-11(6-8)22(21-20-10)25-7-13(23)19-16-14(15(18)24)9-2-1-3-12(9)26-16/h4-6H,1-3,7H2,(H2,18,24)(H,19,23). The molecule has 26 heavy (non-hydrogen) atoms. The van der Waals surface area contributed by atoms with E-state index in [1.165, 1.54) is 11.3 Å². The van der Waals surface area contributed by atoms with Crippen molar-refractivity contribution < 1.29 is 14.4 Å². The Morgan fingerprint density at radius 3 is 3.04 bits per heavy atom. The highest BCUT2D eigenvalue weighted by molar-refractivity contribution is 7.17. The average molecular weight is 392 g/mol. The molecule has 1 aliphatic rings. The summed E-state index contributed by atoms with van der Waals surface area (Å²) in [6.45, 7) is -0.300. The maximum Gasteiger partial charge on any atom is 0.265 e. The molecule has 0 unspecified atom stereocenters. The number of primary amides is 1. The summed E-state index contributed by atoms with van der Waals surface area (Å²) in [5.74, 6) is -0.948. The molecule has 0 saturated carbocycles. The van der Waals surface area contributed by atoms with Crippen molar-refractivity contribution in [3.05, 3.63) is 39.2 Å². The summed E-state index contributed by atoms with van der Waals surface area (Å²) in [7, 11) is 0. The molecular formula is C16H14ClN5O3S. The first kappa shape index (κ1) is 16.8. The number of hydrogen-bond donors (Lipinski definition) is 2. The molecule has 3 aromatic rings. The minimum Gasteiger partial charge on any atom is -0.385 e. The van der Waals surface area contributed by atoms with Crippen LogP contribution < -0.4 is 15.9 Å². The Labute approximate surface area is 156 Å². The number of carbonyl (C=O) groups is 2. The molecule has 0 bridgehead atoms. The van der Waals surface area contributed by atoms with E-state index in [0.717, 1.165) is 34.5 Å². The van der Waals surface area contributed by atoms with Crippen molar-refractivity contribution in [1.29, 1.82) is 0 Å². The van der Waals surface area contributed by atoms with Gasteiger partial charge in [-0.25, -0.2) is 0 Å². The number of thiophene rings is 1. The van der Waals surface area contributed by atoms with E-state index in [1.807, 2.05) is 0 Å². The van der Waals surface area contributed by atoms with Crippen LogP contribution in [0.5, 0.6) is 0 Å². The van der Waals surface area contributed by atoms with Crippen molar-refractivity contribution in [2.75, 3.05) is 11.9 Å². The number of halogens is 1. The third kappa shape index (κ3) is 2.99. The van der Waals surface area contributed by atoms with Gasteiger partial charge in [0.15, 0.2) is 6.61 Å². The summed E-state index contributed by atoms with van der Waals surface area (Å²) in [5.41, 5.74) is 8.00. The van der Waals surface area contributed by atoms with Crippen LogP contribution in [0.4, 0.5) is 5.00 Å². The van der Waals surface area contributed by atoms with E-state index in [2.05, 4.69) is 15.6 Å². The van der Waals surface area contributed by atoms with E-state index < -0.39 is 11.8 Å². The molecule has 2 heterocycles. The normalized spacial score (nSPS) is 13.0. The van der Waals surface area contributed by atoms with Gasteiger partial charge < -0.3 is 15.9 Å². The van der Waals surface area contributed by atoms with E-state index in [4.69, 9.17) is 22.2 Å². The zero-order chi connectivity index (χ0) is 18.3.